The molecule has 3 aromatic rings. The molecule has 0 aliphatic carbocycles. The van der Waals surface area contributed by atoms with Gasteiger partial charge in [-0.25, -0.2) is 8.42 Å². The van der Waals surface area contributed by atoms with Gasteiger partial charge >= 0.3 is 0 Å². The van der Waals surface area contributed by atoms with Crippen molar-refractivity contribution in [1.29, 1.82) is 0 Å². The molecule has 7 nitrogen and oxygen atoms in total. The number of nitrogens with zero attached hydrogens (tertiary/aromatic N) is 2. The number of benzene rings is 3. The lowest BCUT2D eigenvalue weighted by Crippen LogP contribution is -2.52. The van der Waals surface area contributed by atoms with E-state index in [0.29, 0.717) is 28.6 Å². The Morgan fingerprint density at radius 2 is 1.62 bits per heavy atom. The van der Waals surface area contributed by atoms with E-state index in [9.17, 15) is 18.0 Å². The third-order valence-corrected chi connectivity index (χ3v) is 8.61. The lowest BCUT2D eigenvalue weighted by molar-refractivity contribution is -0.140. The third kappa shape index (κ3) is 7.97. The predicted octanol–water partition coefficient (Wildman–Crippen LogP) is 5.91. The van der Waals surface area contributed by atoms with Crippen LogP contribution in [0.15, 0.2) is 83.8 Å². The molecule has 0 radical (unpaired) electrons. The number of hydrogen-bond acceptors (Lipinski definition) is 4. The Morgan fingerprint density at radius 1 is 0.923 bits per heavy atom. The van der Waals surface area contributed by atoms with E-state index in [4.69, 9.17) is 23.2 Å². The second kappa shape index (κ2) is 14.4. The van der Waals surface area contributed by atoms with E-state index in [1.54, 1.807) is 60.7 Å². The van der Waals surface area contributed by atoms with Crippen molar-refractivity contribution < 1.29 is 18.0 Å². The molecule has 2 amide bonds. The van der Waals surface area contributed by atoms with Gasteiger partial charge in [-0.3, -0.25) is 13.9 Å². The van der Waals surface area contributed by atoms with E-state index in [1.807, 2.05) is 13.8 Å². The Labute approximate surface area is 240 Å². The Bertz CT molecular complexity index is 1370. The van der Waals surface area contributed by atoms with Crippen LogP contribution >= 0.6 is 23.2 Å². The second-order valence-electron chi connectivity index (χ2n) is 8.99. The lowest BCUT2D eigenvalue weighted by Gasteiger charge is -2.33. The van der Waals surface area contributed by atoms with Crippen molar-refractivity contribution >= 4 is 50.7 Å². The summed E-state index contributed by atoms with van der Waals surface area (Å²) in [6.07, 6.45) is 2.04. The molecule has 1 unspecified atom stereocenters. The highest BCUT2D eigenvalue weighted by Gasteiger charge is 2.33. The standard InChI is InChI=1S/C29H33Cl2N3O4S/c1-3-5-18-32-29(36)27(4-2)33(20-22-12-9-10-17-26(22)31)28(35)21-34(24-14-11-13-23(30)19-24)39(37,38)25-15-7-6-8-16-25/h6-17,19,27H,3-5,18,20-21H2,1-2H3,(H,32,36). The summed E-state index contributed by atoms with van der Waals surface area (Å²) in [6.45, 7) is 3.81. The number of carbonyl (C=O) groups is 2. The van der Waals surface area contributed by atoms with Crippen LogP contribution < -0.4 is 9.62 Å². The first-order valence-electron chi connectivity index (χ1n) is 12.8. The minimum absolute atomic E-state index is 0.0276. The van der Waals surface area contributed by atoms with E-state index in [1.165, 1.54) is 23.1 Å². The fraction of sp³-hybridized carbons (Fsp3) is 0.310. The van der Waals surface area contributed by atoms with Gasteiger partial charge in [0.15, 0.2) is 0 Å². The Kier molecular flexibility index (Phi) is 11.2. The van der Waals surface area contributed by atoms with E-state index < -0.39 is 28.5 Å². The van der Waals surface area contributed by atoms with Crippen molar-refractivity contribution in [3.8, 4) is 0 Å². The number of rotatable bonds is 13. The molecule has 1 N–H and O–H groups in total. The Hall–Kier alpha value is -3.07. The van der Waals surface area contributed by atoms with Crippen molar-refractivity contribution in [2.24, 2.45) is 0 Å². The molecule has 3 rings (SSSR count). The normalized spacial score (nSPS) is 12.0. The zero-order chi connectivity index (χ0) is 28.4. The van der Waals surface area contributed by atoms with Gasteiger partial charge in [0.25, 0.3) is 10.0 Å². The molecular formula is C29H33Cl2N3O4S. The number of carbonyl (C=O) groups excluding carboxylic acids is 2. The lowest BCUT2D eigenvalue weighted by atomic mass is 10.1. The van der Waals surface area contributed by atoms with Gasteiger partial charge in [-0.1, -0.05) is 85.9 Å². The molecule has 0 spiro atoms. The van der Waals surface area contributed by atoms with Crippen LogP contribution in [0.3, 0.4) is 0 Å². The maximum Gasteiger partial charge on any atom is 0.264 e. The summed E-state index contributed by atoms with van der Waals surface area (Å²) in [6, 6.07) is 20.4. The summed E-state index contributed by atoms with van der Waals surface area (Å²) in [5.74, 6) is -0.849. The summed E-state index contributed by atoms with van der Waals surface area (Å²) in [5, 5.41) is 3.67. The van der Waals surface area contributed by atoms with Crippen molar-refractivity contribution in [2.75, 3.05) is 17.4 Å². The second-order valence-corrected chi connectivity index (χ2v) is 11.7. The first-order valence-corrected chi connectivity index (χ1v) is 15.0. The SMILES string of the molecule is CCCCNC(=O)C(CC)N(Cc1ccccc1Cl)C(=O)CN(c1cccc(Cl)c1)S(=O)(=O)c1ccccc1. The molecule has 0 aromatic heterocycles. The van der Waals surface area contributed by atoms with Gasteiger partial charge in [0.1, 0.15) is 12.6 Å². The molecule has 0 fully saturated rings. The van der Waals surface area contributed by atoms with Gasteiger partial charge in [-0.2, -0.15) is 0 Å². The number of nitrogens with one attached hydrogen (secondary N) is 1. The van der Waals surface area contributed by atoms with E-state index in [0.717, 1.165) is 17.1 Å². The van der Waals surface area contributed by atoms with Gasteiger partial charge in [0.05, 0.1) is 10.6 Å². The van der Waals surface area contributed by atoms with Crippen LogP contribution in [-0.4, -0.2) is 44.3 Å². The number of anilines is 1. The van der Waals surface area contributed by atoms with Crippen molar-refractivity contribution in [1.82, 2.24) is 10.2 Å². The van der Waals surface area contributed by atoms with E-state index in [-0.39, 0.29) is 23.0 Å². The van der Waals surface area contributed by atoms with Crippen molar-refractivity contribution in [3.05, 3.63) is 94.5 Å². The maximum absolute atomic E-state index is 14.0. The van der Waals surface area contributed by atoms with E-state index in [2.05, 4.69) is 5.32 Å². The zero-order valence-corrected chi connectivity index (χ0v) is 24.3. The molecule has 39 heavy (non-hydrogen) atoms. The topological polar surface area (TPSA) is 86.8 Å². The van der Waals surface area contributed by atoms with Crippen LogP contribution in [0.4, 0.5) is 5.69 Å². The monoisotopic (exact) mass is 589 g/mol. The minimum atomic E-state index is -4.15. The quantitative estimate of drug-likeness (QED) is 0.251. The average Bonchev–Trinajstić information content (AvgIpc) is 2.93. The fourth-order valence-corrected chi connectivity index (χ4v) is 5.92. The smallest absolute Gasteiger partial charge is 0.264 e. The van der Waals surface area contributed by atoms with Crippen LogP contribution in [0, 0.1) is 0 Å². The van der Waals surface area contributed by atoms with Crippen LogP contribution in [0.5, 0.6) is 0 Å². The van der Waals surface area contributed by atoms with E-state index >= 15 is 0 Å². The van der Waals surface area contributed by atoms with Crippen LogP contribution in [-0.2, 0) is 26.2 Å². The maximum atomic E-state index is 14.0. The van der Waals surface area contributed by atoms with Gasteiger partial charge in [-0.15, -0.1) is 0 Å². The predicted molar refractivity (Wildman–Crippen MR) is 156 cm³/mol. The first-order chi connectivity index (χ1) is 18.7. The summed E-state index contributed by atoms with van der Waals surface area (Å²) in [5.41, 5.74) is 0.880. The van der Waals surface area contributed by atoms with Crippen molar-refractivity contribution in [3.63, 3.8) is 0 Å². The van der Waals surface area contributed by atoms with Gasteiger partial charge < -0.3 is 10.2 Å². The molecule has 1 atom stereocenters. The molecule has 3 aromatic carbocycles. The Balaban J connectivity index is 2.03. The fourth-order valence-electron chi connectivity index (χ4n) is 4.12. The van der Waals surface area contributed by atoms with Gasteiger partial charge in [0.2, 0.25) is 11.8 Å². The first kappa shape index (κ1) is 30.5. The number of sulfonamides is 1. The minimum Gasteiger partial charge on any atom is -0.354 e. The summed E-state index contributed by atoms with van der Waals surface area (Å²) in [4.78, 5) is 28.6. The highest BCUT2D eigenvalue weighted by Crippen LogP contribution is 2.27. The van der Waals surface area contributed by atoms with Crippen LogP contribution in [0.2, 0.25) is 10.0 Å². The number of hydrogen-bond donors (Lipinski definition) is 1. The molecule has 0 bridgehead atoms. The molecule has 0 saturated carbocycles. The Morgan fingerprint density at radius 3 is 2.26 bits per heavy atom. The largest absolute Gasteiger partial charge is 0.354 e. The highest BCUT2D eigenvalue weighted by atomic mass is 35.5. The number of halogens is 2. The number of unbranched alkanes of at least 4 members (excludes halogenated alkanes) is 1. The van der Waals surface area contributed by atoms with Crippen molar-refractivity contribution in [2.45, 2.75) is 50.6 Å². The zero-order valence-electron chi connectivity index (χ0n) is 22.0. The summed E-state index contributed by atoms with van der Waals surface area (Å²) >= 11 is 12.6. The van der Waals surface area contributed by atoms with Crippen LogP contribution in [0.1, 0.15) is 38.7 Å². The molecular weight excluding hydrogens is 557 g/mol. The summed E-state index contributed by atoms with van der Waals surface area (Å²) < 4.78 is 28.6. The third-order valence-electron chi connectivity index (χ3n) is 6.22. The summed E-state index contributed by atoms with van der Waals surface area (Å²) in [7, 11) is -4.15. The number of amides is 2. The molecule has 0 saturated heterocycles. The van der Waals surface area contributed by atoms with Crippen LogP contribution in [0.25, 0.3) is 0 Å². The highest BCUT2D eigenvalue weighted by molar-refractivity contribution is 7.92. The van der Waals surface area contributed by atoms with Gasteiger partial charge in [0, 0.05) is 23.1 Å². The molecule has 0 aliphatic heterocycles. The molecule has 10 heteroatoms. The van der Waals surface area contributed by atoms with Gasteiger partial charge in [-0.05, 0) is 54.8 Å². The molecule has 0 aliphatic rings. The molecule has 208 valence electrons. The average molecular weight is 591 g/mol. The molecule has 0 heterocycles.